The van der Waals surface area contributed by atoms with Gasteiger partial charge in [0, 0.05) is 17.4 Å². The highest BCUT2D eigenvalue weighted by atomic mass is 19.1. The van der Waals surface area contributed by atoms with Crippen LogP contribution in [0.5, 0.6) is 0 Å². The molecule has 0 saturated heterocycles. The molecular weight excluding hydrogens is 298 g/mol. The lowest BCUT2D eigenvalue weighted by molar-refractivity contribution is 0.628. The number of hydrogen-bond acceptors (Lipinski definition) is 4. The molecule has 0 fully saturated rings. The van der Waals surface area contributed by atoms with Crippen LogP contribution in [0.1, 0.15) is 5.69 Å². The van der Waals surface area contributed by atoms with Gasteiger partial charge in [-0.1, -0.05) is 12.1 Å². The molecule has 6 heteroatoms. The van der Waals surface area contributed by atoms with Gasteiger partial charge in [-0.3, -0.25) is 0 Å². The molecule has 0 aliphatic heterocycles. The molecular formula is C17H14F2N4. The molecule has 2 N–H and O–H groups in total. The van der Waals surface area contributed by atoms with E-state index in [-0.39, 0.29) is 17.6 Å². The Hall–Kier alpha value is -3.02. The molecule has 2 aromatic carbocycles. The van der Waals surface area contributed by atoms with Gasteiger partial charge in [-0.2, -0.15) is 4.98 Å². The van der Waals surface area contributed by atoms with Crippen LogP contribution in [0.2, 0.25) is 0 Å². The molecule has 0 unspecified atom stereocenters. The topological polar surface area (TPSA) is 49.8 Å². The van der Waals surface area contributed by atoms with Gasteiger partial charge in [0.2, 0.25) is 5.95 Å². The lowest BCUT2D eigenvalue weighted by Gasteiger charge is -2.10. The Bertz CT molecular complexity index is 819. The van der Waals surface area contributed by atoms with Gasteiger partial charge in [-0.05, 0) is 43.3 Å². The van der Waals surface area contributed by atoms with Crippen LogP contribution in [0.15, 0.2) is 54.6 Å². The number of rotatable bonds is 4. The number of anilines is 4. The average molecular weight is 312 g/mol. The molecule has 1 aromatic heterocycles. The molecule has 23 heavy (non-hydrogen) atoms. The van der Waals surface area contributed by atoms with Gasteiger partial charge in [0.25, 0.3) is 0 Å². The zero-order chi connectivity index (χ0) is 16.2. The van der Waals surface area contributed by atoms with Crippen LogP contribution in [-0.4, -0.2) is 9.97 Å². The van der Waals surface area contributed by atoms with Crippen LogP contribution in [0, 0.1) is 18.6 Å². The van der Waals surface area contributed by atoms with E-state index in [1.165, 1.54) is 18.2 Å². The fraction of sp³-hybridized carbons (Fsp3) is 0.0588. The summed E-state index contributed by atoms with van der Waals surface area (Å²) in [6.07, 6.45) is 0. The Morgan fingerprint density at radius 3 is 2.35 bits per heavy atom. The molecule has 0 aliphatic rings. The molecule has 1 heterocycles. The van der Waals surface area contributed by atoms with E-state index in [0.29, 0.717) is 22.9 Å². The number of para-hydroxylation sites is 1. The first-order valence-corrected chi connectivity index (χ1v) is 7.00. The van der Waals surface area contributed by atoms with Crippen molar-refractivity contribution < 1.29 is 8.78 Å². The highest BCUT2D eigenvalue weighted by Gasteiger charge is 2.06. The summed E-state index contributed by atoms with van der Waals surface area (Å²) < 4.78 is 26.6. The summed E-state index contributed by atoms with van der Waals surface area (Å²) in [5.41, 5.74) is 1.70. The van der Waals surface area contributed by atoms with Crippen molar-refractivity contribution in [3.05, 3.63) is 71.9 Å². The summed E-state index contributed by atoms with van der Waals surface area (Å²) in [6.45, 7) is 1.81. The highest BCUT2D eigenvalue weighted by Crippen LogP contribution is 2.20. The van der Waals surface area contributed by atoms with E-state index in [1.807, 2.05) is 6.92 Å². The molecule has 0 atom stereocenters. The first-order chi connectivity index (χ1) is 11.1. The molecule has 0 amide bonds. The van der Waals surface area contributed by atoms with Crippen molar-refractivity contribution in [1.82, 2.24) is 9.97 Å². The average Bonchev–Trinajstić information content (AvgIpc) is 2.51. The normalized spacial score (nSPS) is 10.4. The van der Waals surface area contributed by atoms with Crippen molar-refractivity contribution in [2.75, 3.05) is 10.6 Å². The lowest BCUT2D eigenvalue weighted by Crippen LogP contribution is -2.03. The molecule has 4 nitrogen and oxygen atoms in total. The van der Waals surface area contributed by atoms with Crippen molar-refractivity contribution in [2.45, 2.75) is 6.92 Å². The smallest absolute Gasteiger partial charge is 0.229 e. The van der Waals surface area contributed by atoms with E-state index < -0.39 is 0 Å². The van der Waals surface area contributed by atoms with E-state index in [2.05, 4.69) is 20.6 Å². The molecule has 0 aliphatic carbocycles. The second-order valence-corrected chi connectivity index (χ2v) is 4.95. The zero-order valence-electron chi connectivity index (χ0n) is 12.3. The summed E-state index contributed by atoms with van der Waals surface area (Å²) in [5.74, 6) is 0.115. The quantitative estimate of drug-likeness (QED) is 0.742. The number of nitrogens with zero attached hydrogens (tertiary/aromatic N) is 2. The fourth-order valence-corrected chi connectivity index (χ4v) is 2.05. The van der Waals surface area contributed by atoms with Crippen LogP contribution >= 0.6 is 0 Å². The predicted molar refractivity (Wildman–Crippen MR) is 86.1 cm³/mol. The molecule has 0 bridgehead atoms. The predicted octanol–water partition coefficient (Wildman–Crippen LogP) is 4.55. The largest absolute Gasteiger partial charge is 0.340 e. The first-order valence-electron chi connectivity index (χ1n) is 7.00. The second kappa shape index (κ2) is 6.39. The van der Waals surface area contributed by atoms with Crippen molar-refractivity contribution in [2.24, 2.45) is 0 Å². The van der Waals surface area contributed by atoms with Crippen LogP contribution in [0.4, 0.5) is 31.9 Å². The van der Waals surface area contributed by atoms with Gasteiger partial charge in [0.1, 0.15) is 17.5 Å². The standard InChI is InChI=1S/C17H14F2N4/c1-11-10-16(21-13-8-6-12(18)7-9-13)23-17(20-11)22-15-5-3-2-4-14(15)19/h2-10H,1H3,(H2,20,21,22,23). The fourth-order valence-electron chi connectivity index (χ4n) is 2.05. The second-order valence-electron chi connectivity index (χ2n) is 4.95. The van der Waals surface area contributed by atoms with E-state index in [9.17, 15) is 8.78 Å². The van der Waals surface area contributed by atoms with E-state index in [1.54, 1.807) is 36.4 Å². The minimum atomic E-state index is -0.384. The number of aromatic nitrogens is 2. The lowest BCUT2D eigenvalue weighted by atomic mass is 10.3. The monoisotopic (exact) mass is 312 g/mol. The summed E-state index contributed by atoms with van der Waals surface area (Å²) >= 11 is 0. The Kier molecular flexibility index (Phi) is 4.14. The SMILES string of the molecule is Cc1cc(Nc2ccc(F)cc2)nc(Nc2ccccc2F)n1. The van der Waals surface area contributed by atoms with Crippen molar-refractivity contribution >= 4 is 23.1 Å². The molecule has 116 valence electrons. The number of aryl methyl sites for hydroxylation is 1. The Labute approximate surface area is 132 Å². The van der Waals surface area contributed by atoms with E-state index >= 15 is 0 Å². The van der Waals surface area contributed by atoms with Gasteiger partial charge in [0.15, 0.2) is 0 Å². The highest BCUT2D eigenvalue weighted by molar-refractivity contribution is 5.60. The summed E-state index contributed by atoms with van der Waals surface area (Å²) in [7, 11) is 0. The van der Waals surface area contributed by atoms with Crippen LogP contribution in [0.3, 0.4) is 0 Å². The summed E-state index contributed by atoms with van der Waals surface area (Å²) in [6, 6.07) is 14.0. The maximum atomic E-state index is 13.7. The van der Waals surface area contributed by atoms with Crippen molar-refractivity contribution in [1.29, 1.82) is 0 Å². The third-order valence-electron chi connectivity index (χ3n) is 3.09. The first kappa shape index (κ1) is 14.9. The maximum Gasteiger partial charge on any atom is 0.229 e. The minimum Gasteiger partial charge on any atom is -0.340 e. The molecule has 3 rings (SSSR count). The number of benzene rings is 2. The number of hydrogen-bond donors (Lipinski definition) is 2. The number of nitrogens with one attached hydrogen (secondary N) is 2. The van der Waals surface area contributed by atoms with Gasteiger partial charge >= 0.3 is 0 Å². The van der Waals surface area contributed by atoms with Gasteiger partial charge in [-0.15, -0.1) is 0 Å². The number of halogens is 2. The Morgan fingerprint density at radius 2 is 1.61 bits per heavy atom. The molecule has 0 radical (unpaired) electrons. The molecule has 0 saturated carbocycles. The van der Waals surface area contributed by atoms with Crippen LogP contribution in [0.25, 0.3) is 0 Å². The maximum absolute atomic E-state index is 13.7. The Balaban J connectivity index is 1.84. The zero-order valence-corrected chi connectivity index (χ0v) is 12.3. The van der Waals surface area contributed by atoms with Gasteiger partial charge < -0.3 is 10.6 Å². The van der Waals surface area contributed by atoms with E-state index in [4.69, 9.17) is 0 Å². The minimum absolute atomic E-state index is 0.278. The van der Waals surface area contributed by atoms with Crippen molar-refractivity contribution in [3.63, 3.8) is 0 Å². The third kappa shape index (κ3) is 3.79. The summed E-state index contributed by atoms with van der Waals surface area (Å²) in [5, 5.41) is 5.91. The van der Waals surface area contributed by atoms with E-state index in [0.717, 1.165) is 0 Å². The van der Waals surface area contributed by atoms with Crippen LogP contribution < -0.4 is 10.6 Å². The van der Waals surface area contributed by atoms with Gasteiger partial charge in [-0.25, -0.2) is 13.8 Å². The van der Waals surface area contributed by atoms with Crippen LogP contribution in [-0.2, 0) is 0 Å². The third-order valence-corrected chi connectivity index (χ3v) is 3.09. The summed E-state index contributed by atoms with van der Waals surface area (Å²) in [4.78, 5) is 8.53. The molecule has 0 spiro atoms. The molecule has 3 aromatic rings. The van der Waals surface area contributed by atoms with Gasteiger partial charge in [0.05, 0.1) is 5.69 Å². The van der Waals surface area contributed by atoms with Crippen molar-refractivity contribution in [3.8, 4) is 0 Å². The Morgan fingerprint density at radius 1 is 0.870 bits per heavy atom.